The van der Waals surface area contributed by atoms with Gasteiger partial charge in [-0.15, -0.1) is 0 Å². The largest absolute Gasteiger partial charge is 0.280 e. The fraction of sp³-hybridized carbons (Fsp3) is 0.529. The molecule has 2 saturated carbocycles. The van der Waals surface area contributed by atoms with Crippen LogP contribution in [0.3, 0.4) is 0 Å². The number of rotatable bonds is 2. The highest BCUT2D eigenvalue weighted by Gasteiger charge is 2.63. The van der Waals surface area contributed by atoms with E-state index in [-0.39, 0.29) is 12.1 Å². The quantitative estimate of drug-likeness (QED) is 0.783. The normalized spacial score (nSPS) is 40.0. The van der Waals surface area contributed by atoms with E-state index in [0.717, 1.165) is 18.4 Å². The third kappa shape index (κ3) is 1.70. The Bertz CT molecular complexity index is 815. The smallest absolute Gasteiger partial charge is 0.200 e. The standard InChI is InChI=1S/C17H19N3O2S/c1-10-5-7-11(8-6-10)23(21,22)20-17-15-9-14(16(17)18-19-20)12-3-2-4-13(12)15/h2,4-8,12-17H,3,9H2,1H3. The first-order chi connectivity index (χ1) is 11.1. The van der Waals surface area contributed by atoms with Crippen LogP contribution in [0.5, 0.6) is 0 Å². The van der Waals surface area contributed by atoms with Gasteiger partial charge in [0.1, 0.15) is 0 Å². The monoisotopic (exact) mass is 329 g/mol. The van der Waals surface area contributed by atoms with Gasteiger partial charge in [0.15, 0.2) is 0 Å². The third-order valence-corrected chi connectivity index (χ3v) is 7.85. The SMILES string of the molecule is Cc1ccc(S(=O)(=O)N2N=NC3C4CC(C5C=CCC54)C32)cc1. The minimum atomic E-state index is -3.61. The van der Waals surface area contributed by atoms with Gasteiger partial charge in [0.2, 0.25) is 0 Å². The molecule has 4 aliphatic rings. The average molecular weight is 329 g/mol. The van der Waals surface area contributed by atoms with Crippen molar-refractivity contribution in [3.63, 3.8) is 0 Å². The van der Waals surface area contributed by atoms with Crippen LogP contribution in [-0.4, -0.2) is 24.9 Å². The van der Waals surface area contributed by atoms with Crippen molar-refractivity contribution >= 4 is 10.0 Å². The van der Waals surface area contributed by atoms with Gasteiger partial charge in [0, 0.05) is 0 Å². The first-order valence-electron chi connectivity index (χ1n) is 8.26. The molecule has 5 rings (SSSR count). The zero-order valence-corrected chi connectivity index (χ0v) is 13.7. The van der Waals surface area contributed by atoms with Crippen LogP contribution in [0.2, 0.25) is 0 Å². The molecule has 0 saturated heterocycles. The Morgan fingerprint density at radius 3 is 2.70 bits per heavy atom. The van der Waals surface area contributed by atoms with Crippen LogP contribution in [0.15, 0.2) is 51.7 Å². The summed E-state index contributed by atoms with van der Waals surface area (Å²) in [7, 11) is -3.61. The molecule has 2 fully saturated rings. The summed E-state index contributed by atoms with van der Waals surface area (Å²) in [6.45, 7) is 1.95. The van der Waals surface area contributed by atoms with Crippen molar-refractivity contribution in [3.8, 4) is 0 Å². The second-order valence-corrected chi connectivity index (χ2v) is 9.04. The van der Waals surface area contributed by atoms with E-state index in [1.54, 1.807) is 12.1 Å². The van der Waals surface area contributed by atoms with E-state index in [9.17, 15) is 8.42 Å². The van der Waals surface area contributed by atoms with Crippen LogP contribution < -0.4 is 0 Å². The van der Waals surface area contributed by atoms with Crippen LogP contribution in [0.1, 0.15) is 18.4 Å². The molecule has 120 valence electrons. The van der Waals surface area contributed by atoms with E-state index < -0.39 is 10.0 Å². The number of sulfonamides is 1. The van der Waals surface area contributed by atoms with E-state index in [1.165, 1.54) is 4.41 Å². The van der Waals surface area contributed by atoms with E-state index >= 15 is 0 Å². The molecular weight excluding hydrogens is 310 g/mol. The van der Waals surface area contributed by atoms with Crippen molar-refractivity contribution in [2.45, 2.75) is 36.7 Å². The van der Waals surface area contributed by atoms with Crippen LogP contribution in [0.25, 0.3) is 0 Å². The van der Waals surface area contributed by atoms with Gasteiger partial charge in [-0.25, -0.2) is 0 Å². The van der Waals surface area contributed by atoms with E-state index in [0.29, 0.717) is 28.6 Å². The molecule has 5 nitrogen and oxygen atoms in total. The van der Waals surface area contributed by atoms with E-state index in [2.05, 4.69) is 22.5 Å². The summed E-state index contributed by atoms with van der Waals surface area (Å²) in [6, 6.07) is 6.96. The molecule has 0 N–H and O–H groups in total. The van der Waals surface area contributed by atoms with Gasteiger partial charge < -0.3 is 0 Å². The summed E-state index contributed by atoms with van der Waals surface area (Å²) in [5.74, 6) is 2.03. The van der Waals surface area contributed by atoms with Crippen LogP contribution >= 0.6 is 0 Å². The van der Waals surface area contributed by atoms with Gasteiger partial charge in [-0.3, -0.25) is 0 Å². The summed E-state index contributed by atoms with van der Waals surface area (Å²) in [6.07, 6.45) is 6.76. The second-order valence-electron chi connectivity index (χ2n) is 7.25. The predicted octanol–water partition coefficient (Wildman–Crippen LogP) is 2.95. The van der Waals surface area contributed by atoms with Gasteiger partial charge in [-0.2, -0.15) is 17.9 Å². The molecular formula is C17H19N3O2S. The van der Waals surface area contributed by atoms with Gasteiger partial charge in [0.25, 0.3) is 10.0 Å². The molecule has 6 unspecified atom stereocenters. The third-order valence-electron chi connectivity index (χ3n) is 6.17. The molecule has 0 radical (unpaired) electrons. The molecule has 6 atom stereocenters. The number of benzene rings is 1. The molecule has 1 aromatic rings. The first kappa shape index (κ1) is 13.7. The lowest BCUT2D eigenvalue weighted by molar-refractivity contribution is 0.182. The van der Waals surface area contributed by atoms with Gasteiger partial charge in [-0.05, 0) is 55.6 Å². The molecule has 1 heterocycles. The van der Waals surface area contributed by atoms with Crippen molar-refractivity contribution in [2.75, 3.05) is 0 Å². The summed E-state index contributed by atoms with van der Waals surface area (Å²) in [5.41, 5.74) is 1.05. The lowest BCUT2D eigenvalue weighted by Crippen LogP contribution is -2.46. The first-order valence-corrected chi connectivity index (χ1v) is 9.70. The number of aryl methyl sites for hydroxylation is 1. The fourth-order valence-corrected chi connectivity index (χ4v) is 6.61. The second kappa shape index (κ2) is 4.44. The van der Waals surface area contributed by atoms with Crippen molar-refractivity contribution in [1.29, 1.82) is 0 Å². The van der Waals surface area contributed by atoms with Crippen LogP contribution in [-0.2, 0) is 10.0 Å². The Kier molecular flexibility index (Phi) is 2.65. The predicted molar refractivity (Wildman–Crippen MR) is 85.0 cm³/mol. The van der Waals surface area contributed by atoms with E-state index in [1.807, 2.05) is 19.1 Å². The van der Waals surface area contributed by atoms with Gasteiger partial charge >= 0.3 is 0 Å². The Morgan fingerprint density at radius 2 is 1.91 bits per heavy atom. The summed E-state index contributed by atoms with van der Waals surface area (Å²) in [5, 5.41) is 8.48. The van der Waals surface area contributed by atoms with Gasteiger partial charge in [0.05, 0.1) is 17.0 Å². The number of fused-ring (bicyclic) bond motifs is 8. The van der Waals surface area contributed by atoms with Crippen molar-refractivity contribution < 1.29 is 8.42 Å². The molecule has 23 heavy (non-hydrogen) atoms. The highest BCUT2D eigenvalue weighted by Crippen LogP contribution is 2.60. The van der Waals surface area contributed by atoms with Crippen molar-refractivity contribution in [2.24, 2.45) is 34.0 Å². The fourth-order valence-electron chi connectivity index (χ4n) is 5.17. The van der Waals surface area contributed by atoms with Crippen LogP contribution in [0.4, 0.5) is 0 Å². The maximum atomic E-state index is 13.0. The zero-order chi connectivity index (χ0) is 15.8. The summed E-state index contributed by atoms with van der Waals surface area (Å²) >= 11 is 0. The highest BCUT2D eigenvalue weighted by atomic mass is 32.2. The molecule has 6 heteroatoms. The maximum absolute atomic E-state index is 13.0. The zero-order valence-electron chi connectivity index (χ0n) is 12.9. The van der Waals surface area contributed by atoms with Crippen molar-refractivity contribution in [3.05, 3.63) is 42.0 Å². The average Bonchev–Trinajstić information content (AvgIpc) is 3.25. The Hall–Kier alpha value is -1.69. The molecule has 0 spiro atoms. The minimum Gasteiger partial charge on any atom is -0.200 e. The number of hydrogen-bond donors (Lipinski definition) is 0. The van der Waals surface area contributed by atoms with Crippen LogP contribution in [0, 0.1) is 30.6 Å². The lowest BCUT2D eigenvalue weighted by atomic mass is 9.77. The number of allylic oxidation sites excluding steroid dienone is 2. The topological polar surface area (TPSA) is 62.1 Å². The Balaban J connectivity index is 1.52. The van der Waals surface area contributed by atoms with Crippen molar-refractivity contribution in [1.82, 2.24) is 4.41 Å². The molecule has 0 amide bonds. The molecule has 0 aromatic heterocycles. The highest BCUT2D eigenvalue weighted by molar-refractivity contribution is 7.89. The van der Waals surface area contributed by atoms with E-state index in [4.69, 9.17) is 0 Å². The minimum absolute atomic E-state index is 0.0568. The van der Waals surface area contributed by atoms with Gasteiger partial charge in [-0.1, -0.05) is 35.1 Å². The molecule has 1 aromatic carbocycles. The molecule has 1 aliphatic heterocycles. The summed E-state index contributed by atoms with van der Waals surface area (Å²) < 4.78 is 27.3. The maximum Gasteiger partial charge on any atom is 0.280 e. The number of nitrogens with zero attached hydrogens (tertiary/aromatic N) is 3. The molecule has 2 bridgehead atoms. The lowest BCUT2D eigenvalue weighted by Gasteiger charge is -2.34. The Morgan fingerprint density at radius 1 is 1.13 bits per heavy atom. The summed E-state index contributed by atoms with van der Waals surface area (Å²) in [4.78, 5) is 0.309. The molecule has 3 aliphatic carbocycles. The number of hydrogen-bond acceptors (Lipinski definition) is 4. The Labute approximate surface area is 136 Å².